The van der Waals surface area contributed by atoms with E-state index < -0.39 is 42.1 Å². The first-order valence-electron chi connectivity index (χ1n) is 22.6. The number of methoxy groups -OCH3 is 2. The van der Waals surface area contributed by atoms with Crippen molar-refractivity contribution in [3.05, 3.63) is 102 Å². The number of halogens is 2. The molecule has 4 N–H and O–H groups in total. The largest absolute Gasteiger partial charge is 0.465 e. The molecule has 0 spiro atoms. The Balaban J connectivity index is 1.02. The number of nitrogens with one attached hydrogen (secondary N) is 4. The molecule has 6 aromatic rings. The summed E-state index contributed by atoms with van der Waals surface area (Å²) in [6, 6.07) is 15.4. The fourth-order valence-electron chi connectivity index (χ4n) is 9.64. The number of hydrogen-bond acceptors (Lipinski definition) is 9. The van der Waals surface area contributed by atoms with Crippen LogP contribution in [0.4, 0.5) is 18.4 Å². The predicted octanol–water partition coefficient (Wildman–Crippen LogP) is 8.39. The summed E-state index contributed by atoms with van der Waals surface area (Å²) in [6.07, 6.45) is 3.93. The number of likely N-dealkylation sites (tertiary alicyclic amines) is 2. The average Bonchev–Trinajstić information content (AvgIpc) is 4.19. The van der Waals surface area contributed by atoms with E-state index in [4.69, 9.17) is 24.2 Å². The zero-order chi connectivity index (χ0) is 47.3. The van der Waals surface area contributed by atoms with Gasteiger partial charge in [0.2, 0.25) is 18.0 Å². The van der Waals surface area contributed by atoms with Crippen molar-refractivity contribution >= 4 is 34.9 Å². The van der Waals surface area contributed by atoms with Gasteiger partial charge >= 0.3 is 12.2 Å². The summed E-state index contributed by atoms with van der Waals surface area (Å²) in [4.78, 5) is 71.5. The zero-order valence-electron chi connectivity index (χ0n) is 38.1. The third-order valence-corrected chi connectivity index (χ3v) is 13.1. The van der Waals surface area contributed by atoms with E-state index in [1.54, 1.807) is 22.2 Å². The van der Waals surface area contributed by atoms with Crippen molar-refractivity contribution < 1.29 is 42.2 Å². The van der Waals surface area contributed by atoms with Crippen LogP contribution in [0.5, 0.6) is 5.75 Å². The van der Waals surface area contributed by atoms with Gasteiger partial charge in [0.25, 0.3) is 0 Å². The molecule has 2 saturated heterocycles. The van der Waals surface area contributed by atoms with Crippen molar-refractivity contribution in [2.45, 2.75) is 83.8 Å². The molecule has 6 heterocycles. The molecule has 0 aliphatic carbocycles. The molecule has 1 unspecified atom stereocenters. The minimum Gasteiger partial charge on any atom is -0.465 e. The Kier molecular flexibility index (Phi) is 12.2. The molecular formula is C49H53F2N9O7. The van der Waals surface area contributed by atoms with Gasteiger partial charge in [-0.2, -0.15) is 0 Å². The fourth-order valence-corrected chi connectivity index (χ4v) is 9.64. The van der Waals surface area contributed by atoms with Gasteiger partial charge in [0.05, 0.1) is 66.9 Å². The van der Waals surface area contributed by atoms with Crippen LogP contribution in [0, 0.1) is 23.5 Å². The van der Waals surface area contributed by atoms with Gasteiger partial charge in [0.15, 0.2) is 11.6 Å². The molecular weight excluding hydrogens is 865 g/mol. The number of aromatic amines is 2. The van der Waals surface area contributed by atoms with Gasteiger partial charge in [-0.3, -0.25) is 9.59 Å². The minimum absolute atomic E-state index is 0.0189. The summed E-state index contributed by atoms with van der Waals surface area (Å²) in [6.45, 7) is 8.50. The number of alkyl carbamates (subject to hydrolysis) is 2. The van der Waals surface area contributed by atoms with E-state index in [0.717, 1.165) is 57.9 Å². The van der Waals surface area contributed by atoms with E-state index >= 15 is 4.39 Å². The molecule has 4 amide bonds. The number of ether oxygens (including phenoxy) is 3. The number of fused-ring (bicyclic) bond motifs is 5. The van der Waals surface area contributed by atoms with E-state index in [1.807, 2.05) is 74.7 Å². The van der Waals surface area contributed by atoms with Crippen molar-refractivity contribution in [1.82, 2.24) is 44.9 Å². The normalized spacial score (nSPS) is 18.7. The van der Waals surface area contributed by atoms with Crippen LogP contribution in [0.3, 0.4) is 0 Å². The lowest BCUT2D eigenvalue weighted by molar-refractivity contribution is -0.136. The Morgan fingerprint density at radius 2 is 1.30 bits per heavy atom. The summed E-state index contributed by atoms with van der Waals surface area (Å²) < 4.78 is 48.8. The molecule has 67 heavy (non-hydrogen) atoms. The predicted molar refractivity (Wildman–Crippen MR) is 243 cm³/mol. The number of amides is 4. The van der Waals surface area contributed by atoms with Crippen molar-refractivity contribution in [2.75, 3.05) is 27.3 Å². The first-order valence-corrected chi connectivity index (χ1v) is 22.6. The molecule has 3 aromatic carbocycles. The maximum Gasteiger partial charge on any atom is 0.407 e. The van der Waals surface area contributed by atoms with Crippen LogP contribution in [-0.2, 0) is 19.1 Å². The number of nitrogens with zero attached hydrogens (tertiary/aromatic N) is 5. The first-order chi connectivity index (χ1) is 32.3. The van der Waals surface area contributed by atoms with Crippen LogP contribution in [0.2, 0.25) is 0 Å². The number of H-pyrrole nitrogens is 2. The highest BCUT2D eigenvalue weighted by molar-refractivity contribution is 5.93. The third kappa shape index (κ3) is 8.33. The molecule has 2 fully saturated rings. The maximum atomic E-state index is 15.8. The van der Waals surface area contributed by atoms with Gasteiger partial charge in [0, 0.05) is 35.2 Å². The van der Waals surface area contributed by atoms with Crippen molar-refractivity contribution in [1.29, 1.82) is 0 Å². The van der Waals surface area contributed by atoms with E-state index in [0.29, 0.717) is 49.0 Å². The van der Waals surface area contributed by atoms with E-state index in [2.05, 4.69) is 20.6 Å². The lowest BCUT2D eigenvalue weighted by Gasteiger charge is -2.31. The van der Waals surface area contributed by atoms with Crippen LogP contribution >= 0.6 is 0 Å². The van der Waals surface area contributed by atoms with Crippen molar-refractivity contribution in [2.24, 2.45) is 11.8 Å². The Morgan fingerprint density at radius 3 is 1.85 bits per heavy atom. The Hall–Kier alpha value is -7.24. The van der Waals surface area contributed by atoms with E-state index in [1.165, 1.54) is 26.4 Å². The molecule has 16 nitrogen and oxygen atoms in total. The van der Waals surface area contributed by atoms with Crippen LogP contribution in [-0.4, -0.2) is 97.7 Å². The lowest BCUT2D eigenvalue weighted by atomic mass is 10.0. The molecule has 5 atom stereocenters. The molecule has 0 saturated carbocycles. The second-order valence-electron chi connectivity index (χ2n) is 18.0. The molecule has 9 rings (SSSR count). The summed E-state index contributed by atoms with van der Waals surface area (Å²) in [7, 11) is 2.52. The topological polar surface area (TPSA) is 189 Å². The lowest BCUT2D eigenvalue weighted by Crippen LogP contribution is -2.51. The summed E-state index contributed by atoms with van der Waals surface area (Å²) in [5, 5.41) is 6.18. The molecule has 3 aliphatic rings. The number of hydrogen-bond donors (Lipinski definition) is 4. The average molecular weight is 918 g/mol. The minimum atomic E-state index is -1.08. The highest BCUT2D eigenvalue weighted by Gasteiger charge is 2.40. The number of carbonyl (C=O) groups excluding carboxylic acids is 4. The number of rotatable bonds is 11. The van der Waals surface area contributed by atoms with Gasteiger partial charge in [-0.15, -0.1) is 0 Å². The molecule has 3 aliphatic heterocycles. The smallest absolute Gasteiger partial charge is 0.407 e. The highest BCUT2D eigenvalue weighted by atomic mass is 19.2. The fraction of sp³-hybridized carbons (Fsp3) is 0.388. The van der Waals surface area contributed by atoms with Gasteiger partial charge in [-0.05, 0) is 73.9 Å². The third-order valence-electron chi connectivity index (χ3n) is 13.1. The molecule has 0 bridgehead atoms. The maximum absolute atomic E-state index is 15.8. The Labute approximate surface area is 385 Å². The van der Waals surface area contributed by atoms with Gasteiger partial charge in [0.1, 0.15) is 29.5 Å². The van der Waals surface area contributed by atoms with Gasteiger partial charge in [-0.1, -0.05) is 52.0 Å². The number of carbonyl (C=O) groups is 4. The molecule has 350 valence electrons. The monoisotopic (exact) mass is 917 g/mol. The van der Waals surface area contributed by atoms with E-state index in [9.17, 15) is 23.6 Å². The Bertz CT molecular complexity index is 2870. The molecule has 0 radical (unpaired) electrons. The summed E-state index contributed by atoms with van der Waals surface area (Å²) in [5.41, 5.74) is 5.14. The molecule has 18 heteroatoms. The molecule has 3 aromatic heterocycles. The zero-order valence-corrected chi connectivity index (χ0v) is 38.1. The second-order valence-corrected chi connectivity index (χ2v) is 18.0. The number of aromatic nitrogens is 5. The SMILES string of the molecule is COC(=O)N[C@H](C(=O)N1CCC[C@H]1c1ncc(-c2ccc3c(c2)OC(c2cccc(F)c2F)n2c-3cc3cc(-c4cnc([C@@H]5CCCN5C(=O)[C@@H](NC(=O)OC)C(C)C)[nH]4)ccc32)[nH]1)C(C)C. The van der Waals surface area contributed by atoms with Crippen LogP contribution < -0.4 is 15.4 Å². The quantitative estimate of drug-likeness (QED) is 0.0990. The van der Waals surface area contributed by atoms with Crippen LogP contribution in [0.15, 0.2) is 73.1 Å². The van der Waals surface area contributed by atoms with E-state index in [-0.39, 0.29) is 41.3 Å². The highest BCUT2D eigenvalue weighted by Crippen LogP contribution is 2.47. The van der Waals surface area contributed by atoms with Crippen molar-refractivity contribution in [3.63, 3.8) is 0 Å². The second kappa shape index (κ2) is 18.2. The summed E-state index contributed by atoms with van der Waals surface area (Å²) in [5.74, 6) is -1.11. The van der Waals surface area contributed by atoms with Crippen LogP contribution in [0.25, 0.3) is 44.7 Å². The number of imidazole rings is 2. The standard InChI is InChI=1S/C49H53F2N9O7/c1-25(2)41(56-48(63)65-5)45(61)58-18-8-12-36(58)43-52-23-33(54-43)27-15-17-35-29(20-27)21-38-30-16-14-28(22-39(30)67-47(60(35)38)31-10-7-11-32(50)40(31)51)34-24-53-44(55-34)37-13-9-19-59(37)46(62)42(26(3)4)57-49(64)66-6/h7,10-11,14-17,20-26,36-37,41-42,47H,8-9,12-13,18-19H2,1-6H3,(H,52,54)(H,53,55)(H,56,63)(H,57,64)/t36-,37-,41-,42-,47?/m0/s1. The first kappa shape index (κ1) is 44.9. The number of benzene rings is 3. The Morgan fingerprint density at radius 1 is 0.746 bits per heavy atom. The van der Waals surface area contributed by atoms with Gasteiger partial charge in [-0.25, -0.2) is 28.3 Å². The van der Waals surface area contributed by atoms with Crippen LogP contribution in [0.1, 0.15) is 88.9 Å². The summed E-state index contributed by atoms with van der Waals surface area (Å²) >= 11 is 0. The van der Waals surface area contributed by atoms with Gasteiger partial charge < -0.3 is 49.2 Å². The van der Waals surface area contributed by atoms with Crippen molar-refractivity contribution in [3.8, 4) is 39.5 Å².